The topological polar surface area (TPSA) is 66.6 Å². The number of halogens is 1. The van der Waals surface area contributed by atoms with Crippen LogP contribution in [0, 0.1) is 17.7 Å². The smallest absolute Gasteiger partial charge is 0.249 e. The number of anilines is 1. The van der Waals surface area contributed by atoms with Gasteiger partial charge in [-0.15, -0.1) is 0 Å². The van der Waals surface area contributed by atoms with E-state index in [1.807, 2.05) is 18.7 Å². The second-order valence-corrected chi connectivity index (χ2v) is 7.93. The summed E-state index contributed by atoms with van der Waals surface area (Å²) in [6, 6.07) is 1.30. The summed E-state index contributed by atoms with van der Waals surface area (Å²) in [7, 11) is 0. The standard InChI is InChI=1S/C21H24FN3O2/c1-4-18(26)24-7-13-9-25(10-14(13)8-24)20-17(22)6-16(21(23)27)15-5-11(2)12(3)19(15)20/h4,6,13-14H,1,5,7-10H2,2-3H3,(H2,23,27). The van der Waals surface area contributed by atoms with E-state index >= 15 is 4.39 Å². The first-order valence-electron chi connectivity index (χ1n) is 9.30. The summed E-state index contributed by atoms with van der Waals surface area (Å²) < 4.78 is 15.1. The fraction of sp³-hybridized carbons (Fsp3) is 0.429. The molecule has 3 aliphatic rings. The Morgan fingerprint density at radius 1 is 1.22 bits per heavy atom. The summed E-state index contributed by atoms with van der Waals surface area (Å²) in [5.41, 5.74) is 10.2. The maximum Gasteiger partial charge on any atom is 0.249 e. The molecule has 2 saturated heterocycles. The predicted octanol–water partition coefficient (Wildman–Crippen LogP) is 2.35. The van der Waals surface area contributed by atoms with Crippen molar-refractivity contribution in [2.24, 2.45) is 17.6 Å². The summed E-state index contributed by atoms with van der Waals surface area (Å²) in [5, 5.41) is 0. The molecule has 2 unspecified atom stereocenters. The van der Waals surface area contributed by atoms with Gasteiger partial charge in [-0.1, -0.05) is 12.2 Å². The van der Waals surface area contributed by atoms with Gasteiger partial charge < -0.3 is 15.5 Å². The number of nitrogens with zero attached hydrogens (tertiary/aromatic N) is 2. The second-order valence-electron chi connectivity index (χ2n) is 7.93. The Hall–Kier alpha value is -2.63. The first kappa shape index (κ1) is 17.8. The summed E-state index contributed by atoms with van der Waals surface area (Å²) in [5.74, 6) is -0.368. The van der Waals surface area contributed by atoms with Crippen LogP contribution in [0.15, 0.2) is 24.3 Å². The Balaban J connectivity index is 1.69. The van der Waals surface area contributed by atoms with E-state index in [-0.39, 0.29) is 11.5 Å². The van der Waals surface area contributed by atoms with Crippen LogP contribution in [0.4, 0.5) is 10.1 Å². The van der Waals surface area contributed by atoms with Crippen molar-refractivity contribution >= 4 is 23.1 Å². The predicted molar refractivity (Wildman–Crippen MR) is 103 cm³/mol. The minimum atomic E-state index is -0.587. The molecule has 27 heavy (non-hydrogen) atoms. The molecule has 6 heteroatoms. The third kappa shape index (κ3) is 2.66. The Bertz CT molecular complexity index is 891. The second kappa shape index (κ2) is 6.22. The number of nitrogens with two attached hydrogens (primary N) is 1. The minimum Gasteiger partial charge on any atom is -0.368 e. The van der Waals surface area contributed by atoms with Gasteiger partial charge in [0, 0.05) is 49.1 Å². The molecule has 1 aromatic carbocycles. The van der Waals surface area contributed by atoms with E-state index in [0.717, 1.165) is 22.3 Å². The quantitative estimate of drug-likeness (QED) is 0.832. The molecule has 0 aromatic heterocycles. The van der Waals surface area contributed by atoms with Gasteiger partial charge in [0.15, 0.2) is 0 Å². The van der Waals surface area contributed by atoms with Gasteiger partial charge in [-0.05, 0) is 43.5 Å². The zero-order chi connectivity index (χ0) is 19.5. The number of allylic oxidation sites excluding steroid dienone is 2. The molecule has 2 atom stereocenters. The van der Waals surface area contributed by atoms with Gasteiger partial charge >= 0.3 is 0 Å². The third-order valence-corrected chi connectivity index (χ3v) is 6.37. The maximum atomic E-state index is 15.1. The van der Waals surface area contributed by atoms with Gasteiger partial charge in [-0.3, -0.25) is 9.59 Å². The molecular formula is C21H24FN3O2. The molecule has 5 nitrogen and oxygen atoms in total. The van der Waals surface area contributed by atoms with Crippen molar-refractivity contribution < 1.29 is 14.0 Å². The lowest BCUT2D eigenvalue weighted by molar-refractivity contribution is -0.125. The Morgan fingerprint density at radius 3 is 2.41 bits per heavy atom. The highest BCUT2D eigenvalue weighted by Gasteiger charge is 2.43. The molecule has 0 saturated carbocycles. The van der Waals surface area contributed by atoms with Crippen molar-refractivity contribution in [2.75, 3.05) is 31.1 Å². The first-order valence-corrected chi connectivity index (χ1v) is 9.30. The molecule has 1 aromatic rings. The van der Waals surface area contributed by atoms with E-state index in [4.69, 9.17) is 5.73 Å². The Kier molecular flexibility index (Phi) is 4.09. The molecule has 2 heterocycles. The highest BCUT2D eigenvalue weighted by atomic mass is 19.1. The van der Waals surface area contributed by atoms with E-state index in [1.54, 1.807) is 0 Å². The average molecular weight is 369 g/mol. The molecule has 0 spiro atoms. The highest BCUT2D eigenvalue weighted by molar-refractivity contribution is 5.99. The number of benzene rings is 1. The van der Waals surface area contributed by atoms with E-state index in [0.29, 0.717) is 50.1 Å². The van der Waals surface area contributed by atoms with Crippen LogP contribution in [-0.4, -0.2) is 42.9 Å². The SMILES string of the molecule is C=CC(=O)N1CC2CN(c3c(F)cc(C(N)=O)c4c3C(C)=C(C)C4)CC2C1. The zero-order valence-corrected chi connectivity index (χ0v) is 15.7. The number of rotatable bonds is 3. The van der Waals surface area contributed by atoms with Gasteiger partial charge in [0.05, 0.1) is 5.69 Å². The van der Waals surface area contributed by atoms with Crippen LogP contribution in [0.3, 0.4) is 0 Å². The van der Waals surface area contributed by atoms with Crippen molar-refractivity contribution in [3.05, 3.63) is 46.8 Å². The van der Waals surface area contributed by atoms with E-state index in [9.17, 15) is 9.59 Å². The van der Waals surface area contributed by atoms with Crippen LogP contribution >= 0.6 is 0 Å². The number of carbonyl (C=O) groups is 2. The summed E-state index contributed by atoms with van der Waals surface area (Å²) in [6.07, 6.45) is 1.99. The van der Waals surface area contributed by atoms with E-state index < -0.39 is 11.7 Å². The molecule has 0 radical (unpaired) electrons. The number of carbonyl (C=O) groups excluding carboxylic acids is 2. The summed E-state index contributed by atoms with van der Waals surface area (Å²) in [6.45, 7) is 10.3. The summed E-state index contributed by atoms with van der Waals surface area (Å²) >= 11 is 0. The zero-order valence-electron chi connectivity index (χ0n) is 15.7. The van der Waals surface area contributed by atoms with Crippen LogP contribution < -0.4 is 10.6 Å². The van der Waals surface area contributed by atoms with Gasteiger partial charge in [-0.2, -0.15) is 0 Å². The molecule has 2 fully saturated rings. The van der Waals surface area contributed by atoms with Gasteiger partial charge in [0.1, 0.15) is 5.82 Å². The normalized spacial score (nSPS) is 23.7. The number of hydrogen-bond donors (Lipinski definition) is 1. The Labute approximate surface area is 158 Å². The van der Waals surface area contributed by atoms with Crippen molar-refractivity contribution in [3.8, 4) is 0 Å². The molecule has 1 aliphatic carbocycles. The highest BCUT2D eigenvalue weighted by Crippen LogP contribution is 2.45. The number of primary amides is 1. The average Bonchev–Trinajstić information content (AvgIpc) is 3.27. The number of amides is 2. The maximum absolute atomic E-state index is 15.1. The van der Waals surface area contributed by atoms with Crippen LogP contribution in [0.25, 0.3) is 5.57 Å². The van der Waals surface area contributed by atoms with E-state index in [1.165, 1.54) is 12.1 Å². The van der Waals surface area contributed by atoms with E-state index in [2.05, 4.69) is 11.5 Å². The van der Waals surface area contributed by atoms with Crippen LogP contribution in [0.1, 0.15) is 35.3 Å². The van der Waals surface area contributed by atoms with Gasteiger partial charge in [0.2, 0.25) is 11.8 Å². The first-order chi connectivity index (χ1) is 12.8. The summed E-state index contributed by atoms with van der Waals surface area (Å²) in [4.78, 5) is 27.6. The van der Waals surface area contributed by atoms with Crippen molar-refractivity contribution in [1.29, 1.82) is 0 Å². The monoisotopic (exact) mass is 369 g/mol. The van der Waals surface area contributed by atoms with Crippen LogP contribution in [0.2, 0.25) is 0 Å². The van der Waals surface area contributed by atoms with Crippen molar-refractivity contribution in [2.45, 2.75) is 20.3 Å². The molecule has 142 valence electrons. The number of likely N-dealkylation sites (tertiary alicyclic amines) is 1. The molecule has 2 N–H and O–H groups in total. The number of hydrogen-bond acceptors (Lipinski definition) is 3. The van der Waals surface area contributed by atoms with Crippen LogP contribution in [-0.2, 0) is 11.2 Å². The molecular weight excluding hydrogens is 345 g/mol. The van der Waals surface area contributed by atoms with Crippen molar-refractivity contribution in [1.82, 2.24) is 4.90 Å². The lowest BCUT2D eigenvalue weighted by Crippen LogP contribution is -2.33. The molecule has 0 bridgehead atoms. The molecule has 2 amide bonds. The lowest BCUT2D eigenvalue weighted by Gasteiger charge is -2.26. The lowest BCUT2D eigenvalue weighted by atomic mass is 9.97. The Morgan fingerprint density at radius 2 is 1.85 bits per heavy atom. The van der Waals surface area contributed by atoms with Crippen LogP contribution in [0.5, 0.6) is 0 Å². The number of fused-ring (bicyclic) bond motifs is 2. The van der Waals surface area contributed by atoms with Gasteiger partial charge in [-0.25, -0.2) is 4.39 Å². The largest absolute Gasteiger partial charge is 0.368 e. The molecule has 2 aliphatic heterocycles. The molecule has 4 rings (SSSR count). The minimum absolute atomic E-state index is 0.0387. The third-order valence-electron chi connectivity index (χ3n) is 6.37. The fourth-order valence-electron chi connectivity index (χ4n) is 4.89. The van der Waals surface area contributed by atoms with Gasteiger partial charge in [0.25, 0.3) is 0 Å². The van der Waals surface area contributed by atoms with Crippen molar-refractivity contribution in [3.63, 3.8) is 0 Å². The fourth-order valence-corrected chi connectivity index (χ4v) is 4.89.